The molecular weight excluding hydrogens is 238 g/mol. The largest absolute Gasteiger partial charge is 0.376 e. The molecule has 0 saturated heterocycles. The Hall–Kier alpha value is -1.57. The minimum Gasteiger partial charge on any atom is -0.376 e. The van der Waals surface area contributed by atoms with Crippen molar-refractivity contribution in [2.75, 3.05) is 12.0 Å². The molecule has 0 fully saturated rings. The van der Waals surface area contributed by atoms with Crippen LogP contribution in [0.2, 0.25) is 0 Å². The number of fused-ring (bicyclic) bond motifs is 1. The maximum Gasteiger partial charge on any atom is 0.190 e. The normalized spacial score (nSPS) is 14.4. The number of nitrogens with two attached hydrogens (primary N) is 1. The summed E-state index contributed by atoms with van der Waals surface area (Å²) in [6.07, 6.45) is 2.52. The van der Waals surface area contributed by atoms with Gasteiger partial charge >= 0.3 is 0 Å². The van der Waals surface area contributed by atoms with Crippen molar-refractivity contribution in [2.45, 2.75) is 13.0 Å². The van der Waals surface area contributed by atoms with Gasteiger partial charge in [-0.2, -0.15) is 0 Å². The maximum absolute atomic E-state index is 5.48. The molecule has 1 aliphatic heterocycles. The van der Waals surface area contributed by atoms with Crippen LogP contribution in [0, 0.1) is 0 Å². The molecule has 17 heavy (non-hydrogen) atoms. The van der Waals surface area contributed by atoms with Crippen LogP contribution in [0.1, 0.15) is 11.3 Å². The molecule has 3 heterocycles. The monoisotopic (exact) mass is 249 g/mol. The topological polar surface area (TPSA) is 86.0 Å². The van der Waals surface area contributed by atoms with Crippen LogP contribution in [-0.4, -0.2) is 21.6 Å². The Morgan fingerprint density at radius 3 is 3.12 bits per heavy atom. The molecule has 0 spiro atoms. The molecule has 0 unspecified atom stereocenters. The first-order valence-corrected chi connectivity index (χ1v) is 6.10. The molecule has 2 aromatic rings. The Morgan fingerprint density at radius 1 is 1.41 bits per heavy atom. The van der Waals surface area contributed by atoms with Crippen molar-refractivity contribution in [3.8, 4) is 10.8 Å². The van der Waals surface area contributed by atoms with E-state index in [9.17, 15) is 0 Å². The van der Waals surface area contributed by atoms with Crippen LogP contribution in [0.5, 0.6) is 0 Å². The Morgan fingerprint density at radius 2 is 2.35 bits per heavy atom. The SMILES string of the molecule is NNc1nc(-c2nccs2)nc2c1COCC2. The van der Waals surface area contributed by atoms with Crippen LogP contribution in [0.15, 0.2) is 11.6 Å². The highest BCUT2D eigenvalue weighted by atomic mass is 32.1. The summed E-state index contributed by atoms with van der Waals surface area (Å²) in [4.78, 5) is 13.1. The molecule has 7 heteroatoms. The third-order valence-electron chi connectivity index (χ3n) is 2.58. The van der Waals surface area contributed by atoms with Crippen molar-refractivity contribution in [1.29, 1.82) is 0 Å². The van der Waals surface area contributed by atoms with E-state index in [0.717, 1.165) is 22.7 Å². The Bertz CT molecular complexity index is 510. The lowest BCUT2D eigenvalue weighted by atomic mass is 10.1. The molecule has 3 N–H and O–H groups in total. The first-order valence-electron chi connectivity index (χ1n) is 5.22. The van der Waals surface area contributed by atoms with Gasteiger partial charge in [-0.15, -0.1) is 11.3 Å². The van der Waals surface area contributed by atoms with Gasteiger partial charge in [-0.3, -0.25) is 0 Å². The van der Waals surface area contributed by atoms with E-state index in [1.807, 2.05) is 5.38 Å². The van der Waals surface area contributed by atoms with E-state index >= 15 is 0 Å². The summed E-state index contributed by atoms with van der Waals surface area (Å²) in [5.41, 5.74) is 4.54. The van der Waals surface area contributed by atoms with Gasteiger partial charge < -0.3 is 10.2 Å². The van der Waals surface area contributed by atoms with Gasteiger partial charge in [0.25, 0.3) is 0 Å². The smallest absolute Gasteiger partial charge is 0.190 e. The number of nitrogens with one attached hydrogen (secondary N) is 1. The van der Waals surface area contributed by atoms with Crippen LogP contribution < -0.4 is 11.3 Å². The number of hydrogen-bond acceptors (Lipinski definition) is 7. The summed E-state index contributed by atoms with van der Waals surface area (Å²) in [5.74, 6) is 6.73. The fourth-order valence-electron chi connectivity index (χ4n) is 1.78. The molecule has 2 aromatic heterocycles. The lowest BCUT2D eigenvalue weighted by Crippen LogP contribution is -2.19. The number of hydrazine groups is 1. The lowest BCUT2D eigenvalue weighted by Gasteiger charge is -2.18. The van der Waals surface area contributed by atoms with E-state index in [4.69, 9.17) is 10.6 Å². The third kappa shape index (κ3) is 1.88. The summed E-state index contributed by atoms with van der Waals surface area (Å²) in [5, 5.41) is 2.70. The van der Waals surface area contributed by atoms with Gasteiger partial charge in [-0.05, 0) is 0 Å². The number of nitrogens with zero attached hydrogens (tertiary/aromatic N) is 3. The number of rotatable bonds is 2. The van der Waals surface area contributed by atoms with Crippen molar-refractivity contribution < 1.29 is 4.74 Å². The molecule has 0 aromatic carbocycles. The lowest BCUT2D eigenvalue weighted by molar-refractivity contribution is 0.109. The molecule has 0 saturated carbocycles. The minimum absolute atomic E-state index is 0.507. The Balaban J connectivity index is 2.12. The number of anilines is 1. The molecule has 88 valence electrons. The van der Waals surface area contributed by atoms with Crippen LogP contribution in [0.3, 0.4) is 0 Å². The number of nitrogen functional groups attached to an aromatic ring is 1. The van der Waals surface area contributed by atoms with E-state index in [2.05, 4.69) is 20.4 Å². The summed E-state index contributed by atoms with van der Waals surface area (Å²) in [6, 6.07) is 0. The van der Waals surface area contributed by atoms with Crippen LogP contribution in [-0.2, 0) is 17.8 Å². The van der Waals surface area contributed by atoms with Crippen molar-refractivity contribution >= 4 is 17.2 Å². The second kappa shape index (κ2) is 4.36. The quantitative estimate of drug-likeness (QED) is 0.609. The predicted octanol–water partition coefficient (Wildman–Crippen LogP) is 0.958. The predicted molar refractivity (Wildman–Crippen MR) is 64.3 cm³/mol. The molecule has 0 atom stereocenters. The highest BCUT2D eigenvalue weighted by Gasteiger charge is 2.19. The van der Waals surface area contributed by atoms with Crippen molar-refractivity contribution in [3.05, 3.63) is 22.8 Å². The average molecular weight is 249 g/mol. The van der Waals surface area contributed by atoms with Crippen molar-refractivity contribution in [2.24, 2.45) is 5.84 Å². The van der Waals surface area contributed by atoms with Gasteiger partial charge in [0.05, 0.1) is 18.9 Å². The standard InChI is InChI=1S/C10H11N5OS/c11-15-8-6-5-16-3-1-7(6)13-9(14-8)10-12-2-4-17-10/h2,4H,1,3,5,11H2,(H,13,14,15). The van der Waals surface area contributed by atoms with E-state index in [0.29, 0.717) is 24.9 Å². The highest BCUT2D eigenvalue weighted by Crippen LogP contribution is 2.26. The van der Waals surface area contributed by atoms with E-state index in [1.54, 1.807) is 6.20 Å². The zero-order valence-corrected chi connectivity index (χ0v) is 9.83. The molecule has 3 rings (SSSR count). The van der Waals surface area contributed by atoms with Gasteiger partial charge in [-0.25, -0.2) is 20.8 Å². The summed E-state index contributed by atoms with van der Waals surface area (Å²) >= 11 is 1.51. The van der Waals surface area contributed by atoms with Crippen molar-refractivity contribution in [3.63, 3.8) is 0 Å². The van der Waals surface area contributed by atoms with Crippen LogP contribution in [0.25, 0.3) is 10.8 Å². The van der Waals surface area contributed by atoms with E-state index in [1.165, 1.54) is 11.3 Å². The van der Waals surface area contributed by atoms with Gasteiger partial charge in [-0.1, -0.05) is 0 Å². The first kappa shape index (κ1) is 10.6. The van der Waals surface area contributed by atoms with E-state index < -0.39 is 0 Å². The maximum atomic E-state index is 5.48. The third-order valence-corrected chi connectivity index (χ3v) is 3.35. The average Bonchev–Trinajstić information content (AvgIpc) is 2.91. The Kier molecular flexibility index (Phi) is 2.71. The van der Waals surface area contributed by atoms with Gasteiger partial charge in [0.15, 0.2) is 10.8 Å². The number of thiazole rings is 1. The molecule has 0 radical (unpaired) electrons. The number of aromatic nitrogens is 3. The molecule has 0 bridgehead atoms. The molecular formula is C10H11N5OS. The fourth-order valence-corrected chi connectivity index (χ4v) is 2.35. The molecule has 0 aliphatic carbocycles. The second-order valence-electron chi connectivity index (χ2n) is 3.61. The summed E-state index contributed by atoms with van der Waals surface area (Å²) in [6.45, 7) is 1.19. The summed E-state index contributed by atoms with van der Waals surface area (Å²) < 4.78 is 5.38. The van der Waals surface area contributed by atoms with E-state index in [-0.39, 0.29) is 0 Å². The number of hydrogen-bond donors (Lipinski definition) is 2. The molecule has 0 amide bonds. The van der Waals surface area contributed by atoms with Crippen LogP contribution >= 0.6 is 11.3 Å². The minimum atomic E-state index is 0.507. The molecule has 6 nitrogen and oxygen atoms in total. The van der Waals surface area contributed by atoms with Gasteiger partial charge in [0, 0.05) is 23.6 Å². The number of ether oxygens (including phenoxy) is 1. The van der Waals surface area contributed by atoms with Crippen LogP contribution in [0.4, 0.5) is 5.82 Å². The second-order valence-corrected chi connectivity index (χ2v) is 4.50. The van der Waals surface area contributed by atoms with Gasteiger partial charge in [0.1, 0.15) is 5.82 Å². The highest BCUT2D eigenvalue weighted by molar-refractivity contribution is 7.13. The Labute approximate surface area is 102 Å². The van der Waals surface area contributed by atoms with Crippen molar-refractivity contribution in [1.82, 2.24) is 15.0 Å². The molecule has 1 aliphatic rings. The first-order chi connectivity index (χ1) is 8.38. The summed E-state index contributed by atoms with van der Waals surface area (Å²) in [7, 11) is 0. The zero-order chi connectivity index (χ0) is 11.7. The fraction of sp³-hybridized carbons (Fsp3) is 0.300. The zero-order valence-electron chi connectivity index (χ0n) is 9.01. The van der Waals surface area contributed by atoms with Gasteiger partial charge in [0.2, 0.25) is 0 Å².